The molecular weight excluding hydrogens is 247 g/mol. The highest BCUT2D eigenvalue weighted by molar-refractivity contribution is 8.00. The zero-order chi connectivity index (χ0) is 13.3. The predicted molar refractivity (Wildman–Crippen MR) is 77.7 cm³/mol. The highest BCUT2D eigenvalue weighted by atomic mass is 32.2. The number of rotatable bonds is 2. The van der Waals surface area contributed by atoms with Gasteiger partial charge in [-0.3, -0.25) is 0 Å². The first-order valence-corrected chi connectivity index (χ1v) is 7.49. The van der Waals surface area contributed by atoms with Crippen LogP contribution in [-0.2, 0) is 0 Å². The topological polar surface area (TPSA) is 29.3 Å². The molecule has 2 rings (SSSR count). The molecule has 2 N–H and O–H groups in total. The van der Waals surface area contributed by atoms with Gasteiger partial charge in [-0.1, -0.05) is 6.92 Å². The van der Waals surface area contributed by atoms with E-state index in [4.69, 9.17) is 5.73 Å². The quantitative estimate of drug-likeness (QED) is 0.893. The number of benzene rings is 1. The SMILES string of the molecule is CC1SCCN(c2ccc(F)cc2[C@@H](C)N)C1C. The second-order valence-corrected chi connectivity index (χ2v) is 6.49. The lowest BCUT2D eigenvalue weighted by Gasteiger charge is -2.40. The van der Waals surface area contributed by atoms with Gasteiger partial charge in [-0.25, -0.2) is 4.39 Å². The van der Waals surface area contributed by atoms with Gasteiger partial charge in [-0.2, -0.15) is 11.8 Å². The van der Waals surface area contributed by atoms with Gasteiger partial charge in [0.05, 0.1) is 0 Å². The van der Waals surface area contributed by atoms with Gasteiger partial charge in [-0.05, 0) is 37.6 Å². The standard InChI is InChI=1S/C14H21FN2S/c1-9(16)13-8-12(15)4-5-14(13)17-6-7-18-11(3)10(17)2/h4-5,8-11H,6-7,16H2,1-3H3/t9-,10?,11?/m1/s1. The van der Waals surface area contributed by atoms with Crippen LogP contribution in [0.1, 0.15) is 32.4 Å². The number of thioether (sulfide) groups is 1. The molecule has 0 spiro atoms. The molecule has 1 aliphatic heterocycles. The van der Waals surface area contributed by atoms with Crippen molar-refractivity contribution in [3.05, 3.63) is 29.6 Å². The summed E-state index contributed by atoms with van der Waals surface area (Å²) in [4.78, 5) is 2.36. The minimum Gasteiger partial charge on any atom is -0.367 e. The third kappa shape index (κ3) is 2.64. The van der Waals surface area contributed by atoms with Crippen molar-refractivity contribution in [3.8, 4) is 0 Å². The van der Waals surface area contributed by atoms with E-state index in [-0.39, 0.29) is 11.9 Å². The van der Waals surface area contributed by atoms with Crippen LogP contribution in [0, 0.1) is 5.82 Å². The summed E-state index contributed by atoms with van der Waals surface area (Å²) in [5, 5.41) is 0.588. The molecule has 0 aliphatic carbocycles. The van der Waals surface area contributed by atoms with Crippen molar-refractivity contribution in [2.45, 2.75) is 38.1 Å². The Morgan fingerprint density at radius 1 is 1.44 bits per heavy atom. The van der Waals surface area contributed by atoms with E-state index in [0.717, 1.165) is 23.5 Å². The van der Waals surface area contributed by atoms with Crippen molar-refractivity contribution in [2.24, 2.45) is 5.73 Å². The molecule has 0 amide bonds. The number of halogens is 1. The fraction of sp³-hybridized carbons (Fsp3) is 0.571. The van der Waals surface area contributed by atoms with Crippen LogP contribution in [0.4, 0.5) is 10.1 Å². The van der Waals surface area contributed by atoms with Crippen LogP contribution in [0.15, 0.2) is 18.2 Å². The molecule has 1 aromatic carbocycles. The van der Waals surface area contributed by atoms with E-state index in [9.17, 15) is 4.39 Å². The molecule has 3 atom stereocenters. The Bertz CT molecular complexity index is 422. The van der Waals surface area contributed by atoms with E-state index in [1.54, 1.807) is 6.07 Å². The van der Waals surface area contributed by atoms with Crippen LogP contribution >= 0.6 is 11.8 Å². The fourth-order valence-electron chi connectivity index (χ4n) is 2.42. The second-order valence-electron chi connectivity index (χ2n) is 5.00. The Balaban J connectivity index is 2.37. The minimum atomic E-state index is -0.210. The molecule has 1 fully saturated rings. The maximum absolute atomic E-state index is 13.4. The zero-order valence-corrected chi connectivity index (χ0v) is 12.0. The fourth-order valence-corrected chi connectivity index (χ4v) is 3.52. The molecule has 1 heterocycles. The third-order valence-corrected chi connectivity index (χ3v) is 5.01. The van der Waals surface area contributed by atoms with Crippen molar-refractivity contribution >= 4 is 17.4 Å². The van der Waals surface area contributed by atoms with Crippen LogP contribution in [0.3, 0.4) is 0 Å². The average molecular weight is 268 g/mol. The van der Waals surface area contributed by atoms with Gasteiger partial charge in [0, 0.05) is 35.3 Å². The summed E-state index contributed by atoms with van der Waals surface area (Å²) in [7, 11) is 0. The van der Waals surface area contributed by atoms with E-state index >= 15 is 0 Å². The first-order valence-electron chi connectivity index (χ1n) is 6.44. The lowest BCUT2D eigenvalue weighted by Crippen LogP contribution is -2.45. The molecule has 0 saturated carbocycles. The van der Waals surface area contributed by atoms with Crippen molar-refractivity contribution in [3.63, 3.8) is 0 Å². The van der Waals surface area contributed by atoms with Gasteiger partial charge in [0.25, 0.3) is 0 Å². The molecule has 0 aromatic heterocycles. The normalized spacial score (nSPS) is 26.2. The Morgan fingerprint density at radius 3 is 2.83 bits per heavy atom. The third-order valence-electron chi connectivity index (χ3n) is 3.67. The first kappa shape index (κ1) is 13.7. The Morgan fingerprint density at radius 2 is 2.17 bits per heavy atom. The molecule has 1 aromatic rings. The van der Waals surface area contributed by atoms with E-state index in [0.29, 0.717) is 11.3 Å². The molecule has 1 aliphatic rings. The van der Waals surface area contributed by atoms with Crippen molar-refractivity contribution in [2.75, 3.05) is 17.2 Å². The molecular formula is C14H21FN2S. The number of hydrogen-bond donors (Lipinski definition) is 1. The predicted octanol–water partition coefficient (Wildman–Crippen LogP) is 3.18. The summed E-state index contributed by atoms with van der Waals surface area (Å²) >= 11 is 1.99. The van der Waals surface area contributed by atoms with E-state index in [2.05, 4.69) is 18.7 Å². The summed E-state index contributed by atoms with van der Waals surface area (Å²) in [6.45, 7) is 7.38. The maximum atomic E-state index is 13.4. The van der Waals surface area contributed by atoms with E-state index < -0.39 is 0 Å². The smallest absolute Gasteiger partial charge is 0.123 e. The van der Waals surface area contributed by atoms with Gasteiger partial charge in [0.2, 0.25) is 0 Å². The van der Waals surface area contributed by atoms with Crippen LogP contribution in [0.2, 0.25) is 0 Å². The molecule has 1 saturated heterocycles. The van der Waals surface area contributed by atoms with Gasteiger partial charge >= 0.3 is 0 Å². The van der Waals surface area contributed by atoms with Gasteiger partial charge in [0.15, 0.2) is 0 Å². The Kier molecular flexibility index (Phi) is 4.17. The Labute approximate surface area is 113 Å². The summed E-state index contributed by atoms with van der Waals surface area (Å²) in [5.74, 6) is 0.902. The zero-order valence-electron chi connectivity index (χ0n) is 11.2. The summed E-state index contributed by atoms with van der Waals surface area (Å²) in [6.07, 6.45) is 0. The molecule has 0 bridgehead atoms. The number of nitrogens with zero attached hydrogens (tertiary/aromatic N) is 1. The molecule has 2 nitrogen and oxygen atoms in total. The van der Waals surface area contributed by atoms with Crippen LogP contribution in [-0.4, -0.2) is 23.6 Å². The van der Waals surface area contributed by atoms with Crippen LogP contribution in [0.25, 0.3) is 0 Å². The largest absolute Gasteiger partial charge is 0.367 e. The lowest BCUT2D eigenvalue weighted by atomic mass is 10.0. The molecule has 2 unspecified atom stereocenters. The highest BCUT2D eigenvalue weighted by Gasteiger charge is 2.27. The van der Waals surface area contributed by atoms with Gasteiger partial charge in [-0.15, -0.1) is 0 Å². The number of hydrogen-bond acceptors (Lipinski definition) is 3. The Hall–Kier alpha value is -0.740. The van der Waals surface area contributed by atoms with Crippen LogP contribution < -0.4 is 10.6 Å². The molecule has 4 heteroatoms. The van der Waals surface area contributed by atoms with Crippen molar-refractivity contribution in [1.82, 2.24) is 0 Å². The summed E-state index contributed by atoms with van der Waals surface area (Å²) < 4.78 is 13.4. The second kappa shape index (κ2) is 5.49. The monoisotopic (exact) mass is 268 g/mol. The lowest BCUT2D eigenvalue weighted by molar-refractivity contribution is 0.607. The highest BCUT2D eigenvalue weighted by Crippen LogP contribution is 2.33. The summed E-state index contributed by atoms with van der Waals surface area (Å²) in [6, 6.07) is 5.27. The number of nitrogens with two attached hydrogens (primary N) is 1. The minimum absolute atomic E-state index is 0.146. The van der Waals surface area contributed by atoms with Gasteiger partial charge in [0.1, 0.15) is 5.82 Å². The van der Waals surface area contributed by atoms with Crippen LogP contribution in [0.5, 0.6) is 0 Å². The van der Waals surface area contributed by atoms with Crippen molar-refractivity contribution < 1.29 is 4.39 Å². The van der Waals surface area contributed by atoms with E-state index in [1.165, 1.54) is 6.07 Å². The van der Waals surface area contributed by atoms with E-state index in [1.807, 2.05) is 24.8 Å². The molecule has 18 heavy (non-hydrogen) atoms. The first-order chi connectivity index (χ1) is 8.50. The van der Waals surface area contributed by atoms with Gasteiger partial charge < -0.3 is 10.6 Å². The van der Waals surface area contributed by atoms with Crippen molar-refractivity contribution in [1.29, 1.82) is 0 Å². The summed E-state index contributed by atoms with van der Waals surface area (Å²) in [5.41, 5.74) is 7.96. The maximum Gasteiger partial charge on any atom is 0.123 e. The number of anilines is 1. The molecule has 0 radical (unpaired) electrons. The average Bonchev–Trinajstić information content (AvgIpc) is 2.33. The molecule has 100 valence electrons.